The highest BCUT2D eigenvalue weighted by Gasteiger charge is 2.38. The Bertz CT molecular complexity index is 2920. The Labute approximate surface area is 428 Å². The number of rotatable bonds is 8. The molecule has 0 spiro atoms. The number of aromatic nitrogens is 3. The molecule has 6 amide bonds. The molecule has 26 nitrogen and oxygen atoms in total. The Kier molecular flexibility index (Phi) is 20.5. The van der Waals surface area contributed by atoms with Crippen LogP contribution in [0.25, 0.3) is 0 Å². The third kappa shape index (κ3) is 14.3. The lowest BCUT2D eigenvalue weighted by Crippen LogP contribution is -2.47. The molecule has 75 heavy (non-hydrogen) atoms. The van der Waals surface area contributed by atoms with Gasteiger partial charge in [-0.15, -0.1) is 14.2 Å². The second kappa shape index (κ2) is 26.6. The van der Waals surface area contributed by atoms with Gasteiger partial charge in [0.1, 0.15) is 45.4 Å². The molecule has 2 unspecified atom stereocenters. The lowest BCUT2D eigenvalue weighted by Gasteiger charge is -2.31. The zero-order valence-corrected chi connectivity index (χ0v) is 41.6. The average Bonchev–Trinajstić information content (AvgIpc) is 3.37. The van der Waals surface area contributed by atoms with Crippen molar-refractivity contribution in [3.63, 3.8) is 0 Å². The number of pyridine rings is 3. The Morgan fingerprint density at radius 3 is 1.80 bits per heavy atom. The van der Waals surface area contributed by atoms with Crippen LogP contribution in [0.15, 0.2) is 62.6 Å². The molecule has 0 aliphatic carbocycles. The maximum absolute atomic E-state index is 14.0. The third-order valence-corrected chi connectivity index (χ3v) is 12.7. The van der Waals surface area contributed by atoms with Gasteiger partial charge in [0.2, 0.25) is 5.91 Å². The van der Waals surface area contributed by atoms with Crippen molar-refractivity contribution < 1.29 is 64.0 Å². The normalized spacial score (nSPS) is 18.5. The summed E-state index contributed by atoms with van der Waals surface area (Å²) in [6.07, 6.45) is 3.73. The van der Waals surface area contributed by atoms with E-state index in [1.54, 1.807) is 0 Å². The number of nitrogens with two attached hydrogens (primary N) is 1. The minimum atomic E-state index is -1.46. The molecule has 0 radical (unpaired) electrons. The van der Waals surface area contributed by atoms with Gasteiger partial charge in [0.15, 0.2) is 17.3 Å². The fraction of sp³-hybridized carbons (Fsp3) is 0.469. The molecule has 0 fully saturated rings. The summed E-state index contributed by atoms with van der Waals surface area (Å²) in [5, 5.41) is 50.3. The molecule has 3 aromatic rings. The summed E-state index contributed by atoms with van der Waals surface area (Å²) in [7, 11) is 0. The Balaban J connectivity index is 1.43. The van der Waals surface area contributed by atoms with E-state index < -0.39 is 115 Å². The molecule has 0 saturated heterocycles. The van der Waals surface area contributed by atoms with E-state index in [0.717, 1.165) is 50.2 Å². The molecule has 2 atom stereocenters. The van der Waals surface area contributed by atoms with E-state index in [1.807, 2.05) is 0 Å². The van der Waals surface area contributed by atoms with Crippen LogP contribution in [0.2, 0.25) is 0 Å². The van der Waals surface area contributed by atoms with Gasteiger partial charge in [0, 0.05) is 65.6 Å². The standard InChI is InChI=1S/C49H62N10O16/c1-29(60)36-18-16-34(48(70)56(36)72)44(66)54-25-7-8-26-55(45(67)35-17-19-37(30(2)61)57(73)49(35)71)28-10-24-52-42(64)33-15-21-39(59(75)47(33)69)43(65)53-31(12-5-6-22-50)11-3-4-13-40(62)38-20-14-32(46(68)58(38)74)41(63)51-23-9-27-54/h14-15,17-21,31,34,72-75H,3-13,16,22-28,50H2,1-2H3,(H,51,63)(H,52,64)(H,53,65). The number of amides is 6. The molecule has 4 aliphatic rings. The van der Waals surface area contributed by atoms with Gasteiger partial charge in [-0.1, -0.05) is 18.9 Å². The van der Waals surface area contributed by atoms with Gasteiger partial charge >= 0.3 is 0 Å². The molecular weight excluding hydrogens is 985 g/mol. The minimum absolute atomic E-state index is 0.00761. The van der Waals surface area contributed by atoms with Gasteiger partial charge in [0.25, 0.3) is 46.2 Å². The summed E-state index contributed by atoms with van der Waals surface area (Å²) in [5.74, 6) is -8.79. The van der Waals surface area contributed by atoms with Gasteiger partial charge in [0.05, 0.1) is 0 Å². The van der Waals surface area contributed by atoms with Crippen molar-refractivity contribution >= 4 is 52.8 Å². The number of hydroxylamine groups is 2. The first-order valence-electron chi connectivity index (χ1n) is 24.5. The maximum atomic E-state index is 14.0. The highest BCUT2D eigenvalue weighted by molar-refractivity contribution is 6.06. The largest absolute Gasteiger partial charge is 0.425 e. The van der Waals surface area contributed by atoms with Crippen LogP contribution < -0.4 is 38.4 Å². The van der Waals surface area contributed by atoms with Crippen LogP contribution in [0.3, 0.4) is 0 Å². The van der Waals surface area contributed by atoms with E-state index in [-0.39, 0.29) is 109 Å². The summed E-state index contributed by atoms with van der Waals surface area (Å²) in [6, 6.07) is 5.94. The number of fused-ring (bicyclic) bond motifs is 2. The van der Waals surface area contributed by atoms with Gasteiger partial charge < -0.3 is 47.1 Å². The van der Waals surface area contributed by atoms with E-state index in [9.17, 15) is 78.4 Å². The second-order valence-electron chi connectivity index (χ2n) is 18.1. The van der Waals surface area contributed by atoms with Crippen molar-refractivity contribution in [1.82, 2.24) is 45.0 Å². The van der Waals surface area contributed by atoms with Crippen LogP contribution in [-0.4, -0.2) is 155 Å². The summed E-state index contributed by atoms with van der Waals surface area (Å²) in [5.41, 5.74) is -1.09. The van der Waals surface area contributed by atoms with Crippen molar-refractivity contribution in [1.29, 1.82) is 0 Å². The number of nitrogens with one attached hydrogen (secondary N) is 3. The van der Waals surface area contributed by atoms with Crippen LogP contribution in [0, 0.1) is 5.92 Å². The summed E-state index contributed by atoms with van der Waals surface area (Å²) in [4.78, 5) is 160. The van der Waals surface area contributed by atoms with E-state index in [0.29, 0.717) is 38.6 Å². The fourth-order valence-electron chi connectivity index (χ4n) is 8.59. The Morgan fingerprint density at radius 1 is 0.627 bits per heavy atom. The van der Waals surface area contributed by atoms with Crippen LogP contribution in [-0.2, 0) is 14.4 Å². The highest BCUT2D eigenvalue weighted by atomic mass is 16.5. The summed E-state index contributed by atoms with van der Waals surface area (Å²) in [6.45, 7) is 1.84. The van der Waals surface area contributed by atoms with E-state index in [2.05, 4.69) is 16.0 Å². The molecule has 4 bridgehead atoms. The first-order valence-corrected chi connectivity index (χ1v) is 24.5. The lowest BCUT2D eigenvalue weighted by atomic mass is 9.96. The number of hydrogen-bond acceptors (Lipinski definition) is 17. The quantitative estimate of drug-likeness (QED) is 0.0500. The molecule has 4 aliphatic heterocycles. The van der Waals surface area contributed by atoms with Crippen molar-refractivity contribution in [2.75, 3.05) is 45.8 Å². The van der Waals surface area contributed by atoms with E-state index in [1.165, 1.54) is 15.9 Å². The van der Waals surface area contributed by atoms with Gasteiger partial charge in [-0.25, -0.2) is 0 Å². The number of ketones is 3. The third-order valence-electron chi connectivity index (χ3n) is 12.7. The van der Waals surface area contributed by atoms with Gasteiger partial charge in [-0.05, 0) is 101 Å². The number of carbonyl (C=O) groups excluding carboxylic acids is 9. The summed E-state index contributed by atoms with van der Waals surface area (Å²) < 4.78 is 0.139. The molecule has 3 aromatic heterocycles. The molecule has 404 valence electrons. The SMILES string of the molecule is CC(=O)C1=CCC(C(=O)N2CCCCN(C(=O)c3ccc(C(C)=O)n(O)c3=O)CCCNC(=O)c3ccc(n(O)c3=O)C(=O)NC(CCCCN)CCCCC(=O)c3ccc(c(=O)n3O)C(=O)NCCC2)C(=O)N1O. The Hall–Kier alpha value is -8.26. The predicted octanol–water partition coefficient (Wildman–Crippen LogP) is 0.472. The average molecular weight is 1050 g/mol. The number of Topliss-reactive ketones (excluding diaryl/α,β-unsaturated/α-hetero) is 3. The van der Waals surface area contributed by atoms with Crippen molar-refractivity contribution in [3.8, 4) is 0 Å². The molecule has 7 heterocycles. The second-order valence-corrected chi connectivity index (χ2v) is 18.1. The zero-order chi connectivity index (χ0) is 55.1. The van der Waals surface area contributed by atoms with E-state index >= 15 is 0 Å². The van der Waals surface area contributed by atoms with Crippen LogP contribution >= 0.6 is 0 Å². The lowest BCUT2D eigenvalue weighted by molar-refractivity contribution is -0.170. The number of unbranched alkanes of at least 4 members (excludes halogenated alkanes) is 1. The zero-order valence-electron chi connectivity index (χ0n) is 41.6. The Morgan fingerprint density at radius 2 is 1.20 bits per heavy atom. The van der Waals surface area contributed by atoms with Crippen LogP contribution in [0.5, 0.6) is 0 Å². The van der Waals surface area contributed by atoms with Gasteiger partial charge in [-0.3, -0.25) is 62.7 Å². The molecule has 0 aromatic carbocycles. The molecular formula is C49H62N10O16. The maximum Gasteiger partial charge on any atom is 0.296 e. The predicted molar refractivity (Wildman–Crippen MR) is 262 cm³/mol. The number of hydrogen-bond donors (Lipinski definition) is 8. The molecule has 0 saturated carbocycles. The minimum Gasteiger partial charge on any atom is -0.425 e. The van der Waals surface area contributed by atoms with Crippen LogP contribution in [0.4, 0.5) is 0 Å². The van der Waals surface area contributed by atoms with Crippen molar-refractivity contribution in [2.24, 2.45) is 11.7 Å². The van der Waals surface area contributed by atoms with Crippen molar-refractivity contribution in [2.45, 2.75) is 96.9 Å². The highest BCUT2D eigenvalue weighted by Crippen LogP contribution is 2.23. The number of allylic oxidation sites excluding steroid dienone is 2. The molecule has 9 N–H and O–H groups in total. The molecule has 26 heteroatoms. The van der Waals surface area contributed by atoms with Crippen molar-refractivity contribution in [3.05, 3.63) is 113 Å². The molecule has 7 rings (SSSR count). The topological polar surface area (TPSA) is 372 Å². The first kappa shape index (κ1) is 57.6. The first-order chi connectivity index (χ1) is 35.7. The fourth-order valence-corrected chi connectivity index (χ4v) is 8.59. The van der Waals surface area contributed by atoms with Gasteiger partial charge in [-0.2, -0.15) is 5.06 Å². The van der Waals surface area contributed by atoms with Crippen LogP contribution in [0.1, 0.15) is 153 Å². The van der Waals surface area contributed by atoms with E-state index in [4.69, 9.17) is 5.73 Å². The summed E-state index contributed by atoms with van der Waals surface area (Å²) >= 11 is 0. The monoisotopic (exact) mass is 1050 g/mol. The number of carbonyl (C=O) groups is 9. The number of nitrogens with zero attached hydrogens (tertiary/aromatic N) is 6. The smallest absolute Gasteiger partial charge is 0.296 e.